The summed E-state index contributed by atoms with van der Waals surface area (Å²) in [5.74, 6) is -3.48. The van der Waals surface area contributed by atoms with E-state index in [1.807, 2.05) is 6.92 Å². The molecule has 0 aromatic rings. The zero-order valence-corrected chi connectivity index (χ0v) is 17.3. The third-order valence-corrected chi connectivity index (χ3v) is 6.04. The number of carboxylic acids is 2. The first-order chi connectivity index (χ1) is 13.9. The molecular weight excluding hydrogens is 378 g/mol. The molecule has 3 heterocycles. The Bertz CT molecular complexity index is 526. The third-order valence-electron chi connectivity index (χ3n) is 6.04. The van der Waals surface area contributed by atoms with Crippen LogP contribution in [0.25, 0.3) is 0 Å². The molecule has 2 atom stereocenters. The highest BCUT2D eigenvalue weighted by Crippen LogP contribution is 2.22. The molecule has 0 aromatic heterocycles. The molecule has 0 aromatic carbocycles. The highest BCUT2D eigenvalue weighted by Gasteiger charge is 2.30. The van der Waals surface area contributed by atoms with E-state index in [0.29, 0.717) is 6.54 Å². The molecule has 9 heteroatoms. The number of aliphatic carboxylic acids is 2. The van der Waals surface area contributed by atoms with Crippen LogP contribution < -0.4 is 5.32 Å². The number of likely N-dealkylation sites (tertiary alicyclic amines) is 2. The van der Waals surface area contributed by atoms with Crippen LogP contribution in [-0.4, -0.2) is 95.4 Å². The zero-order valence-electron chi connectivity index (χ0n) is 17.3. The van der Waals surface area contributed by atoms with Crippen LogP contribution in [0.3, 0.4) is 0 Å². The highest BCUT2D eigenvalue weighted by atomic mass is 16.5. The Hall–Kier alpha value is -1.71. The Morgan fingerprint density at radius 3 is 2.10 bits per heavy atom. The van der Waals surface area contributed by atoms with E-state index in [2.05, 4.69) is 15.1 Å². The number of carboxylic acid groups (broad SMARTS) is 2. The summed E-state index contributed by atoms with van der Waals surface area (Å²) in [6.07, 6.45) is 8.99. The molecular formula is C20H35N3O6. The second-order valence-electron chi connectivity index (χ2n) is 8.03. The van der Waals surface area contributed by atoms with Crippen LogP contribution in [0, 0.1) is 0 Å². The molecule has 1 amide bonds. The van der Waals surface area contributed by atoms with Gasteiger partial charge in [0, 0.05) is 32.3 Å². The lowest BCUT2D eigenvalue weighted by molar-refractivity contribution is -0.159. The van der Waals surface area contributed by atoms with Crippen LogP contribution in [-0.2, 0) is 19.1 Å². The van der Waals surface area contributed by atoms with E-state index in [-0.39, 0.29) is 18.1 Å². The molecule has 0 radical (unpaired) electrons. The third kappa shape index (κ3) is 7.91. The van der Waals surface area contributed by atoms with Gasteiger partial charge in [0.2, 0.25) is 5.91 Å². The second kappa shape index (κ2) is 12.1. The summed E-state index contributed by atoms with van der Waals surface area (Å²) in [6, 6.07) is 0.729. The summed E-state index contributed by atoms with van der Waals surface area (Å²) in [4.78, 5) is 35.6. The predicted molar refractivity (Wildman–Crippen MR) is 107 cm³/mol. The van der Waals surface area contributed by atoms with Gasteiger partial charge in [-0.15, -0.1) is 0 Å². The maximum atomic E-state index is 12.4. The van der Waals surface area contributed by atoms with Gasteiger partial charge in [0.15, 0.2) is 0 Å². The number of carbonyl (C=O) groups excluding carboxylic acids is 1. The van der Waals surface area contributed by atoms with Gasteiger partial charge in [-0.05, 0) is 58.5 Å². The molecule has 2 unspecified atom stereocenters. The fourth-order valence-corrected chi connectivity index (χ4v) is 4.26. The number of hydrogen-bond acceptors (Lipinski definition) is 6. The minimum Gasteiger partial charge on any atom is -0.473 e. The number of piperidine rings is 2. The summed E-state index contributed by atoms with van der Waals surface area (Å²) in [5, 5.41) is 17.9. The number of nitrogens with zero attached hydrogens (tertiary/aromatic N) is 2. The standard InChI is InChI=1S/C18H33N3O2.C2H2O4/c1-15(18(22)19-14-17-6-5-13-23-17)20-11-7-16(8-12-20)21-9-3-2-4-10-21;3-1(4)2(5)6/h15-17H,2-14H2,1H3,(H,19,22);(H,3,4)(H,5,6). The van der Waals surface area contributed by atoms with Crippen molar-refractivity contribution in [3.8, 4) is 0 Å². The van der Waals surface area contributed by atoms with Gasteiger partial charge in [0.1, 0.15) is 0 Å². The Kier molecular flexibility index (Phi) is 9.83. The van der Waals surface area contributed by atoms with Crippen molar-refractivity contribution in [2.24, 2.45) is 0 Å². The molecule has 3 fully saturated rings. The van der Waals surface area contributed by atoms with Gasteiger partial charge in [-0.3, -0.25) is 9.69 Å². The molecule has 0 bridgehead atoms. The predicted octanol–water partition coefficient (Wildman–Crippen LogP) is 0.776. The van der Waals surface area contributed by atoms with Crippen molar-refractivity contribution in [3.63, 3.8) is 0 Å². The summed E-state index contributed by atoms with van der Waals surface area (Å²) in [6.45, 7) is 8.23. The minimum atomic E-state index is -1.82. The number of nitrogens with one attached hydrogen (secondary N) is 1. The van der Waals surface area contributed by atoms with E-state index in [1.165, 1.54) is 45.2 Å². The van der Waals surface area contributed by atoms with E-state index in [9.17, 15) is 4.79 Å². The van der Waals surface area contributed by atoms with Crippen LogP contribution in [0.2, 0.25) is 0 Å². The van der Waals surface area contributed by atoms with Gasteiger partial charge >= 0.3 is 11.9 Å². The van der Waals surface area contributed by atoms with Gasteiger partial charge in [-0.1, -0.05) is 6.42 Å². The van der Waals surface area contributed by atoms with Crippen LogP contribution in [0.15, 0.2) is 0 Å². The number of hydrogen-bond donors (Lipinski definition) is 3. The first kappa shape index (κ1) is 23.6. The van der Waals surface area contributed by atoms with Gasteiger partial charge in [0.25, 0.3) is 0 Å². The summed E-state index contributed by atoms with van der Waals surface area (Å²) >= 11 is 0. The lowest BCUT2D eigenvalue weighted by Crippen LogP contribution is -2.52. The smallest absolute Gasteiger partial charge is 0.414 e. The SMILES string of the molecule is CC(C(=O)NCC1CCCO1)N1CCC(N2CCCCC2)CC1.O=C(O)C(=O)O. The van der Waals surface area contributed by atoms with Crippen LogP contribution in [0.5, 0.6) is 0 Å². The highest BCUT2D eigenvalue weighted by molar-refractivity contribution is 6.27. The zero-order chi connectivity index (χ0) is 21.2. The summed E-state index contributed by atoms with van der Waals surface area (Å²) < 4.78 is 5.58. The van der Waals surface area contributed by atoms with Gasteiger partial charge in [-0.25, -0.2) is 9.59 Å². The van der Waals surface area contributed by atoms with Crippen LogP contribution >= 0.6 is 0 Å². The van der Waals surface area contributed by atoms with Crippen molar-refractivity contribution < 1.29 is 29.3 Å². The van der Waals surface area contributed by atoms with Crippen molar-refractivity contribution in [2.45, 2.75) is 70.1 Å². The molecule has 3 rings (SSSR count). The molecule has 0 aliphatic carbocycles. The van der Waals surface area contributed by atoms with E-state index in [0.717, 1.165) is 38.6 Å². The quantitative estimate of drug-likeness (QED) is 0.566. The van der Waals surface area contributed by atoms with Crippen molar-refractivity contribution in [3.05, 3.63) is 0 Å². The lowest BCUT2D eigenvalue weighted by atomic mass is 9.99. The normalized spacial score (nSPS) is 24.9. The molecule has 3 saturated heterocycles. The number of ether oxygens (including phenoxy) is 1. The molecule has 3 aliphatic rings. The average molecular weight is 414 g/mol. The molecule has 0 saturated carbocycles. The fourth-order valence-electron chi connectivity index (χ4n) is 4.26. The maximum absolute atomic E-state index is 12.4. The first-order valence-electron chi connectivity index (χ1n) is 10.7. The summed E-state index contributed by atoms with van der Waals surface area (Å²) in [5.41, 5.74) is 0. The van der Waals surface area contributed by atoms with Crippen molar-refractivity contribution in [2.75, 3.05) is 39.3 Å². The fraction of sp³-hybridized carbons (Fsp3) is 0.850. The lowest BCUT2D eigenvalue weighted by Gasteiger charge is -2.41. The van der Waals surface area contributed by atoms with Crippen molar-refractivity contribution in [1.29, 1.82) is 0 Å². The van der Waals surface area contributed by atoms with E-state index >= 15 is 0 Å². The Morgan fingerprint density at radius 1 is 0.966 bits per heavy atom. The first-order valence-corrected chi connectivity index (χ1v) is 10.7. The number of amides is 1. The monoisotopic (exact) mass is 413 g/mol. The Labute approximate surface area is 172 Å². The number of rotatable bonds is 5. The largest absolute Gasteiger partial charge is 0.473 e. The topological polar surface area (TPSA) is 119 Å². The second-order valence-corrected chi connectivity index (χ2v) is 8.03. The van der Waals surface area contributed by atoms with Crippen LogP contribution in [0.1, 0.15) is 51.9 Å². The van der Waals surface area contributed by atoms with E-state index in [1.54, 1.807) is 0 Å². The van der Waals surface area contributed by atoms with Gasteiger partial charge in [-0.2, -0.15) is 0 Å². The molecule has 29 heavy (non-hydrogen) atoms. The Balaban J connectivity index is 0.000000438. The van der Waals surface area contributed by atoms with Crippen molar-refractivity contribution >= 4 is 17.8 Å². The summed E-state index contributed by atoms with van der Waals surface area (Å²) in [7, 11) is 0. The number of carbonyl (C=O) groups is 3. The molecule has 9 nitrogen and oxygen atoms in total. The van der Waals surface area contributed by atoms with Gasteiger partial charge < -0.3 is 25.2 Å². The van der Waals surface area contributed by atoms with E-state index < -0.39 is 11.9 Å². The van der Waals surface area contributed by atoms with Gasteiger partial charge in [0.05, 0.1) is 12.1 Å². The molecule has 3 aliphatic heterocycles. The van der Waals surface area contributed by atoms with E-state index in [4.69, 9.17) is 24.5 Å². The van der Waals surface area contributed by atoms with Crippen LogP contribution in [0.4, 0.5) is 0 Å². The molecule has 0 spiro atoms. The average Bonchev–Trinajstić information content (AvgIpc) is 3.26. The molecule has 166 valence electrons. The maximum Gasteiger partial charge on any atom is 0.414 e. The molecule has 3 N–H and O–H groups in total. The van der Waals surface area contributed by atoms with Crippen molar-refractivity contribution in [1.82, 2.24) is 15.1 Å². The minimum absolute atomic E-state index is 0.0151. The Morgan fingerprint density at radius 2 is 1.59 bits per heavy atom.